The fraction of sp³-hybridized carbons (Fsp3) is 0.385. The molecule has 1 N–H and O–H groups in total. The maximum atomic E-state index is 13.2. The topological polar surface area (TPSA) is 25.0 Å². The van der Waals surface area contributed by atoms with E-state index in [1.807, 2.05) is 6.20 Å². The summed E-state index contributed by atoms with van der Waals surface area (Å²) in [6.45, 7) is 7.21. The molecule has 4 heteroatoms. The lowest BCUT2D eigenvalue weighted by Gasteiger charge is -2.16. The van der Waals surface area contributed by atoms with E-state index in [0.717, 1.165) is 22.9 Å². The molecule has 0 aliphatic rings. The normalized spacial score (nSPS) is 12.2. The summed E-state index contributed by atoms with van der Waals surface area (Å²) < 4.78 is 19.0. The minimum atomic E-state index is -1.45. The summed E-state index contributed by atoms with van der Waals surface area (Å²) in [5.41, 5.74) is 2.10. The van der Waals surface area contributed by atoms with E-state index in [1.165, 1.54) is 6.07 Å². The van der Waals surface area contributed by atoms with Gasteiger partial charge in [0.15, 0.2) is 8.32 Å². The number of H-pyrrole nitrogens is 1. The second-order valence-corrected chi connectivity index (χ2v) is 9.73. The average Bonchev–Trinajstić information content (AvgIpc) is 2.59. The van der Waals surface area contributed by atoms with Gasteiger partial charge in [0.2, 0.25) is 0 Å². The van der Waals surface area contributed by atoms with E-state index < -0.39 is 8.32 Å². The third-order valence-corrected chi connectivity index (χ3v) is 3.71. The van der Waals surface area contributed by atoms with Gasteiger partial charge in [-0.2, -0.15) is 0 Å². The number of nitrogens with one attached hydrogen (secondary N) is 1. The molecule has 0 amide bonds. The van der Waals surface area contributed by atoms with Gasteiger partial charge in [0.1, 0.15) is 5.82 Å². The van der Waals surface area contributed by atoms with Crippen molar-refractivity contribution in [1.29, 1.82) is 0 Å². The highest BCUT2D eigenvalue weighted by Crippen LogP contribution is 2.20. The zero-order chi connectivity index (χ0) is 12.5. The molecule has 0 bridgehead atoms. The molecular weight excluding hydrogens is 233 g/mol. The predicted molar refractivity (Wildman–Crippen MR) is 71.3 cm³/mol. The molecule has 0 fully saturated rings. The summed E-state index contributed by atoms with van der Waals surface area (Å²) in [5.74, 6) is -0.190. The molecule has 92 valence electrons. The van der Waals surface area contributed by atoms with Crippen LogP contribution in [0.25, 0.3) is 10.9 Å². The van der Waals surface area contributed by atoms with Crippen molar-refractivity contribution in [2.45, 2.75) is 26.1 Å². The van der Waals surface area contributed by atoms with E-state index in [-0.39, 0.29) is 5.82 Å². The highest BCUT2D eigenvalue weighted by Gasteiger charge is 2.14. The van der Waals surface area contributed by atoms with Gasteiger partial charge in [-0.1, -0.05) is 0 Å². The molecule has 1 heterocycles. The molecule has 0 saturated carbocycles. The second kappa shape index (κ2) is 4.62. The van der Waals surface area contributed by atoms with Crippen molar-refractivity contribution >= 4 is 19.2 Å². The molecule has 0 spiro atoms. The maximum absolute atomic E-state index is 13.2. The van der Waals surface area contributed by atoms with Gasteiger partial charge >= 0.3 is 0 Å². The lowest BCUT2D eigenvalue weighted by Crippen LogP contribution is -2.26. The molecule has 2 rings (SSSR count). The van der Waals surface area contributed by atoms with Crippen LogP contribution in [-0.4, -0.2) is 19.9 Å². The van der Waals surface area contributed by atoms with Crippen LogP contribution in [0.15, 0.2) is 24.4 Å². The Kier molecular flexibility index (Phi) is 3.35. The fourth-order valence-electron chi connectivity index (χ4n) is 1.82. The first-order valence-corrected chi connectivity index (χ1v) is 9.26. The van der Waals surface area contributed by atoms with E-state index in [1.54, 1.807) is 12.1 Å². The standard InChI is InChI=1S/C13H18FNOSi/c1-17(2,3)16-7-6-10-9-15-13-5-4-11(14)8-12(10)13/h4-5,8-9,15H,6-7H2,1-3H3. The largest absolute Gasteiger partial charge is 0.417 e. The number of rotatable bonds is 4. The lowest BCUT2D eigenvalue weighted by molar-refractivity contribution is 0.316. The van der Waals surface area contributed by atoms with Crippen molar-refractivity contribution in [3.8, 4) is 0 Å². The number of benzene rings is 1. The van der Waals surface area contributed by atoms with Crippen molar-refractivity contribution in [3.63, 3.8) is 0 Å². The second-order valence-electron chi connectivity index (χ2n) is 5.21. The molecule has 0 atom stereocenters. The van der Waals surface area contributed by atoms with Crippen LogP contribution in [0, 0.1) is 5.82 Å². The van der Waals surface area contributed by atoms with Crippen LogP contribution in [0.1, 0.15) is 5.56 Å². The van der Waals surface area contributed by atoms with Crippen LogP contribution < -0.4 is 0 Å². The number of fused-ring (bicyclic) bond motifs is 1. The first kappa shape index (κ1) is 12.3. The monoisotopic (exact) mass is 251 g/mol. The van der Waals surface area contributed by atoms with E-state index in [0.29, 0.717) is 6.61 Å². The first-order chi connectivity index (χ1) is 7.96. The average molecular weight is 251 g/mol. The lowest BCUT2D eigenvalue weighted by atomic mass is 10.1. The number of aromatic amines is 1. The van der Waals surface area contributed by atoms with Gasteiger partial charge in [-0.15, -0.1) is 0 Å². The Hall–Kier alpha value is -1.13. The van der Waals surface area contributed by atoms with Gasteiger partial charge in [-0.25, -0.2) is 4.39 Å². The van der Waals surface area contributed by atoms with Crippen molar-refractivity contribution in [2.75, 3.05) is 6.61 Å². The zero-order valence-corrected chi connectivity index (χ0v) is 11.5. The highest BCUT2D eigenvalue weighted by molar-refractivity contribution is 6.69. The molecule has 0 saturated heterocycles. The molecular formula is C13H18FNOSi. The van der Waals surface area contributed by atoms with Crippen LogP contribution >= 0.6 is 0 Å². The number of aromatic nitrogens is 1. The summed E-state index contributed by atoms with van der Waals surface area (Å²) in [7, 11) is -1.45. The van der Waals surface area contributed by atoms with Crippen LogP contribution in [0.2, 0.25) is 19.6 Å². The number of hydrogen-bond donors (Lipinski definition) is 1. The summed E-state index contributed by atoms with van der Waals surface area (Å²) in [5, 5.41) is 0.962. The Morgan fingerprint density at radius 3 is 2.76 bits per heavy atom. The van der Waals surface area contributed by atoms with Crippen LogP contribution in [0.3, 0.4) is 0 Å². The molecule has 17 heavy (non-hydrogen) atoms. The van der Waals surface area contributed by atoms with Gasteiger partial charge in [-0.05, 0) is 49.8 Å². The van der Waals surface area contributed by atoms with Crippen LogP contribution in [-0.2, 0) is 10.8 Å². The summed E-state index contributed by atoms with van der Waals surface area (Å²) in [4.78, 5) is 3.15. The first-order valence-electron chi connectivity index (χ1n) is 5.85. The SMILES string of the molecule is C[Si](C)(C)OCCc1c[nH]c2ccc(F)cc12. The van der Waals surface area contributed by atoms with Crippen molar-refractivity contribution in [2.24, 2.45) is 0 Å². The number of halogens is 1. The van der Waals surface area contributed by atoms with Gasteiger partial charge in [0.25, 0.3) is 0 Å². The summed E-state index contributed by atoms with van der Waals surface area (Å²) in [6, 6.07) is 4.82. The Balaban J connectivity index is 2.11. The Morgan fingerprint density at radius 1 is 1.29 bits per heavy atom. The smallest absolute Gasteiger partial charge is 0.183 e. The minimum Gasteiger partial charge on any atom is -0.417 e. The van der Waals surface area contributed by atoms with Gasteiger partial charge in [0.05, 0.1) is 0 Å². The van der Waals surface area contributed by atoms with Gasteiger partial charge in [-0.3, -0.25) is 0 Å². The Labute approximate surface area is 102 Å². The molecule has 0 aliphatic carbocycles. The Morgan fingerprint density at radius 2 is 2.06 bits per heavy atom. The quantitative estimate of drug-likeness (QED) is 0.823. The molecule has 2 aromatic rings. The van der Waals surface area contributed by atoms with Gasteiger partial charge < -0.3 is 9.41 Å². The maximum Gasteiger partial charge on any atom is 0.183 e. The van der Waals surface area contributed by atoms with E-state index in [2.05, 4.69) is 24.6 Å². The predicted octanol–water partition coefficient (Wildman–Crippen LogP) is 3.70. The van der Waals surface area contributed by atoms with Crippen molar-refractivity contribution < 1.29 is 8.82 Å². The van der Waals surface area contributed by atoms with Crippen LogP contribution in [0.4, 0.5) is 4.39 Å². The molecule has 0 unspecified atom stereocenters. The van der Waals surface area contributed by atoms with Gasteiger partial charge in [0, 0.05) is 23.7 Å². The molecule has 1 aromatic carbocycles. The zero-order valence-electron chi connectivity index (χ0n) is 10.5. The minimum absolute atomic E-state index is 0.190. The molecule has 0 aliphatic heterocycles. The van der Waals surface area contributed by atoms with E-state index >= 15 is 0 Å². The summed E-state index contributed by atoms with van der Waals surface area (Å²) in [6.07, 6.45) is 2.77. The highest BCUT2D eigenvalue weighted by atomic mass is 28.4. The van der Waals surface area contributed by atoms with E-state index in [4.69, 9.17) is 4.43 Å². The Bertz CT molecular complexity index is 516. The third kappa shape index (κ3) is 3.17. The molecule has 2 nitrogen and oxygen atoms in total. The van der Waals surface area contributed by atoms with Crippen molar-refractivity contribution in [1.82, 2.24) is 4.98 Å². The van der Waals surface area contributed by atoms with Crippen LogP contribution in [0.5, 0.6) is 0 Å². The third-order valence-electron chi connectivity index (χ3n) is 2.64. The van der Waals surface area contributed by atoms with E-state index in [9.17, 15) is 4.39 Å². The molecule has 1 aromatic heterocycles. The van der Waals surface area contributed by atoms with Crippen molar-refractivity contribution in [3.05, 3.63) is 35.8 Å². The molecule has 0 radical (unpaired) electrons. The fourth-order valence-corrected chi connectivity index (χ4v) is 2.54. The summed E-state index contributed by atoms with van der Waals surface area (Å²) >= 11 is 0. The number of hydrogen-bond acceptors (Lipinski definition) is 1.